The number of benzene rings is 2. The number of nitrogens with zero attached hydrogens (tertiary/aromatic N) is 1. The molecule has 0 fully saturated rings. The third-order valence-corrected chi connectivity index (χ3v) is 2.95. The van der Waals surface area contributed by atoms with Gasteiger partial charge in [-0.25, -0.2) is 0 Å². The van der Waals surface area contributed by atoms with Crippen LogP contribution in [0, 0.1) is 11.3 Å². The molecule has 0 saturated carbocycles. The van der Waals surface area contributed by atoms with Gasteiger partial charge in [-0.15, -0.1) is 0 Å². The molecule has 0 unspecified atom stereocenters. The van der Waals surface area contributed by atoms with Crippen LogP contribution in [0.15, 0.2) is 42.5 Å². The van der Waals surface area contributed by atoms with Crippen LogP contribution in [0.3, 0.4) is 0 Å². The van der Waals surface area contributed by atoms with Gasteiger partial charge >= 0.3 is 0 Å². The zero-order chi connectivity index (χ0) is 15.2. The van der Waals surface area contributed by atoms with Crippen molar-refractivity contribution in [2.24, 2.45) is 5.73 Å². The summed E-state index contributed by atoms with van der Waals surface area (Å²) < 4.78 is 5.62. The molecule has 0 aromatic heterocycles. The van der Waals surface area contributed by atoms with Crippen LogP contribution in [0.2, 0.25) is 5.02 Å². The van der Waals surface area contributed by atoms with E-state index in [9.17, 15) is 5.11 Å². The van der Waals surface area contributed by atoms with E-state index in [0.717, 1.165) is 11.1 Å². The van der Waals surface area contributed by atoms with Crippen molar-refractivity contribution in [1.82, 2.24) is 0 Å². The molecule has 0 spiro atoms. The Balaban J connectivity index is 2.29. The van der Waals surface area contributed by atoms with Gasteiger partial charge < -0.3 is 15.6 Å². The number of halogens is 1. The summed E-state index contributed by atoms with van der Waals surface area (Å²) in [7, 11) is 0. The monoisotopic (exact) mass is 300 g/mol. The second kappa shape index (κ2) is 6.80. The first-order valence-corrected chi connectivity index (χ1v) is 6.56. The largest absolute Gasteiger partial charge is 0.504 e. The summed E-state index contributed by atoms with van der Waals surface area (Å²) in [4.78, 5) is 0. The standard InChI is InChI=1S/C16H13ClN2O2/c17-13-6-11(2-1-5-18)7-14(9-13)21-16-4-3-12(10-19)8-15(16)20/h1-4,6-9,20H,10,19H2. The molecule has 0 amide bonds. The SMILES string of the molecule is N#CC=Cc1cc(Cl)cc(Oc2ccc(CN)cc2O)c1. The van der Waals surface area contributed by atoms with Crippen LogP contribution in [0.25, 0.3) is 6.08 Å². The number of hydrogen-bond donors (Lipinski definition) is 2. The number of phenolic OH excluding ortho intramolecular Hbond substituents is 1. The average Bonchev–Trinajstić information content (AvgIpc) is 2.46. The first kappa shape index (κ1) is 14.9. The van der Waals surface area contributed by atoms with Crippen LogP contribution in [0.1, 0.15) is 11.1 Å². The smallest absolute Gasteiger partial charge is 0.169 e. The fourth-order valence-corrected chi connectivity index (χ4v) is 2.01. The number of hydrogen-bond acceptors (Lipinski definition) is 4. The van der Waals surface area contributed by atoms with Crippen molar-refractivity contribution < 1.29 is 9.84 Å². The fourth-order valence-electron chi connectivity index (χ4n) is 1.78. The second-order valence-corrected chi connectivity index (χ2v) is 4.73. The molecule has 0 aliphatic rings. The summed E-state index contributed by atoms with van der Waals surface area (Å²) in [5, 5.41) is 18.9. The summed E-state index contributed by atoms with van der Waals surface area (Å²) in [5.74, 6) is 0.785. The van der Waals surface area contributed by atoms with Gasteiger partial charge in [0.1, 0.15) is 5.75 Å². The molecule has 2 rings (SSSR count). The number of nitriles is 1. The predicted molar refractivity (Wildman–Crippen MR) is 82.2 cm³/mol. The maximum atomic E-state index is 9.89. The summed E-state index contributed by atoms with van der Waals surface area (Å²) in [6.45, 7) is 0.341. The number of nitrogens with two attached hydrogens (primary N) is 1. The topological polar surface area (TPSA) is 79.3 Å². The molecule has 0 bridgehead atoms. The van der Waals surface area contributed by atoms with E-state index in [4.69, 9.17) is 27.3 Å². The van der Waals surface area contributed by atoms with Crippen molar-refractivity contribution in [1.29, 1.82) is 5.26 Å². The minimum Gasteiger partial charge on any atom is -0.504 e. The first-order chi connectivity index (χ1) is 10.1. The molecule has 2 aromatic rings. The van der Waals surface area contributed by atoms with Gasteiger partial charge in [0.05, 0.1) is 6.07 Å². The van der Waals surface area contributed by atoms with E-state index in [1.54, 1.807) is 42.5 Å². The fraction of sp³-hybridized carbons (Fsp3) is 0.0625. The van der Waals surface area contributed by atoms with Gasteiger partial charge in [0.15, 0.2) is 11.5 Å². The molecular formula is C16H13ClN2O2. The molecule has 5 heteroatoms. The zero-order valence-electron chi connectivity index (χ0n) is 11.1. The first-order valence-electron chi connectivity index (χ1n) is 6.19. The van der Waals surface area contributed by atoms with E-state index in [1.165, 1.54) is 6.08 Å². The summed E-state index contributed by atoms with van der Waals surface area (Å²) in [6, 6.07) is 11.9. The molecule has 21 heavy (non-hydrogen) atoms. The van der Waals surface area contributed by atoms with Gasteiger partial charge in [0.2, 0.25) is 0 Å². The second-order valence-electron chi connectivity index (χ2n) is 4.29. The van der Waals surface area contributed by atoms with Crippen molar-refractivity contribution in [3.8, 4) is 23.3 Å². The van der Waals surface area contributed by atoms with Crippen LogP contribution in [0.5, 0.6) is 17.2 Å². The Labute approximate surface area is 127 Å². The van der Waals surface area contributed by atoms with E-state index in [0.29, 0.717) is 23.1 Å². The Morgan fingerprint density at radius 3 is 2.76 bits per heavy atom. The Bertz CT molecular complexity index is 721. The molecule has 0 saturated heterocycles. The van der Waals surface area contributed by atoms with Crippen molar-refractivity contribution >= 4 is 17.7 Å². The van der Waals surface area contributed by atoms with Crippen molar-refractivity contribution in [2.45, 2.75) is 6.54 Å². The third kappa shape index (κ3) is 3.99. The van der Waals surface area contributed by atoms with Crippen LogP contribution in [-0.4, -0.2) is 5.11 Å². The van der Waals surface area contributed by atoms with E-state index >= 15 is 0 Å². The van der Waals surface area contributed by atoms with Gasteiger partial charge in [-0.05, 0) is 47.5 Å². The summed E-state index contributed by atoms with van der Waals surface area (Å²) in [5.41, 5.74) is 7.05. The highest BCUT2D eigenvalue weighted by molar-refractivity contribution is 6.30. The molecule has 0 aliphatic carbocycles. The lowest BCUT2D eigenvalue weighted by Crippen LogP contribution is -1.96. The minimum atomic E-state index is 0.00652. The van der Waals surface area contributed by atoms with Gasteiger partial charge in [-0.1, -0.05) is 17.7 Å². The number of allylic oxidation sites excluding steroid dienone is 1. The molecule has 0 atom stereocenters. The molecule has 0 heterocycles. The Kier molecular flexibility index (Phi) is 4.83. The van der Waals surface area contributed by atoms with E-state index in [2.05, 4.69) is 0 Å². The molecule has 4 nitrogen and oxygen atoms in total. The third-order valence-electron chi connectivity index (χ3n) is 2.73. The number of ether oxygens (including phenoxy) is 1. The lowest BCUT2D eigenvalue weighted by atomic mass is 10.2. The van der Waals surface area contributed by atoms with Gasteiger partial charge in [0.25, 0.3) is 0 Å². The number of phenols is 1. The van der Waals surface area contributed by atoms with Gasteiger partial charge in [-0.3, -0.25) is 0 Å². The van der Waals surface area contributed by atoms with Crippen LogP contribution >= 0.6 is 11.6 Å². The highest BCUT2D eigenvalue weighted by Crippen LogP contribution is 2.33. The van der Waals surface area contributed by atoms with Crippen LogP contribution < -0.4 is 10.5 Å². The number of rotatable bonds is 4. The highest BCUT2D eigenvalue weighted by Gasteiger charge is 2.06. The molecule has 3 N–H and O–H groups in total. The van der Waals surface area contributed by atoms with Crippen LogP contribution in [-0.2, 0) is 6.54 Å². The Hall–Kier alpha value is -2.48. The molecule has 106 valence electrons. The maximum absolute atomic E-state index is 9.89. The van der Waals surface area contributed by atoms with Crippen LogP contribution in [0.4, 0.5) is 0 Å². The van der Waals surface area contributed by atoms with Gasteiger partial charge in [-0.2, -0.15) is 5.26 Å². The maximum Gasteiger partial charge on any atom is 0.169 e. The Morgan fingerprint density at radius 2 is 2.10 bits per heavy atom. The van der Waals surface area contributed by atoms with E-state index in [-0.39, 0.29) is 5.75 Å². The lowest BCUT2D eigenvalue weighted by Gasteiger charge is -2.10. The number of aromatic hydroxyl groups is 1. The highest BCUT2D eigenvalue weighted by atomic mass is 35.5. The normalized spacial score (nSPS) is 10.5. The minimum absolute atomic E-state index is 0.00652. The summed E-state index contributed by atoms with van der Waals surface area (Å²) in [6.07, 6.45) is 2.97. The average molecular weight is 301 g/mol. The quantitative estimate of drug-likeness (QED) is 0.841. The van der Waals surface area contributed by atoms with Gasteiger partial charge in [0, 0.05) is 17.6 Å². The van der Waals surface area contributed by atoms with E-state index < -0.39 is 0 Å². The lowest BCUT2D eigenvalue weighted by molar-refractivity contribution is 0.410. The van der Waals surface area contributed by atoms with Crippen molar-refractivity contribution in [3.05, 3.63) is 58.6 Å². The van der Waals surface area contributed by atoms with Crippen molar-refractivity contribution in [2.75, 3.05) is 0 Å². The molecule has 2 aromatic carbocycles. The molecular weight excluding hydrogens is 288 g/mol. The molecule has 0 radical (unpaired) electrons. The molecule has 0 aliphatic heterocycles. The van der Waals surface area contributed by atoms with E-state index in [1.807, 2.05) is 6.07 Å². The summed E-state index contributed by atoms with van der Waals surface area (Å²) >= 11 is 6.01. The zero-order valence-corrected chi connectivity index (χ0v) is 11.8. The predicted octanol–water partition coefficient (Wildman–Crippen LogP) is 3.83. The van der Waals surface area contributed by atoms with Crippen molar-refractivity contribution in [3.63, 3.8) is 0 Å². The Morgan fingerprint density at radius 1 is 1.29 bits per heavy atom.